The van der Waals surface area contributed by atoms with E-state index in [1.807, 2.05) is 37.4 Å². The highest BCUT2D eigenvalue weighted by atomic mass is 35.5. The van der Waals surface area contributed by atoms with Gasteiger partial charge in [0.2, 0.25) is 0 Å². The first-order chi connectivity index (χ1) is 10.2. The molecule has 0 unspecified atom stereocenters. The molecule has 3 rings (SSSR count). The number of pyridine rings is 1. The number of aryl methyl sites for hydroxylation is 1. The number of halogens is 1. The van der Waals surface area contributed by atoms with Crippen LogP contribution in [0.25, 0.3) is 10.8 Å². The molecule has 21 heavy (non-hydrogen) atoms. The van der Waals surface area contributed by atoms with E-state index < -0.39 is 0 Å². The number of benzene rings is 1. The average Bonchev–Trinajstić information content (AvgIpc) is 2.91. The SMILES string of the molecule is Cn1nccc1CNC(=O)c1cnc(Cl)c2ccccc12. The highest BCUT2D eigenvalue weighted by Gasteiger charge is 2.12. The molecule has 0 aliphatic carbocycles. The molecule has 5 nitrogen and oxygen atoms in total. The van der Waals surface area contributed by atoms with Gasteiger partial charge < -0.3 is 5.32 Å². The van der Waals surface area contributed by atoms with E-state index in [1.54, 1.807) is 10.9 Å². The van der Waals surface area contributed by atoms with Gasteiger partial charge in [-0.05, 0) is 11.5 Å². The summed E-state index contributed by atoms with van der Waals surface area (Å²) in [4.78, 5) is 16.4. The number of nitrogens with one attached hydrogen (secondary N) is 1. The normalized spacial score (nSPS) is 10.8. The Bertz CT molecular complexity index is 812. The van der Waals surface area contributed by atoms with Crippen molar-refractivity contribution >= 4 is 28.3 Å². The van der Waals surface area contributed by atoms with Gasteiger partial charge in [-0.1, -0.05) is 35.9 Å². The van der Waals surface area contributed by atoms with E-state index >= 15 is 0 Å². The first-order valence-corrected chi connectivity index (χ1v) is 6.83. The number of fused-ring (bicyclic) bond motifs is 1. The van der Waals surface area contributed by atoms with Crippen molar-refractivity contribution in [1.29, 1.82) is 0 Å². The van der Waals surface area contributed by atoms with Crippen molar-refractivity contribution in [2.75, 3.05) is 0 Å². The lowest BCUT2D eigenvalue weighted by atomic mass is 10.1. The molecular formula is C15H13ClN4O. The minimum Gasteiger partial charge on any atom is -0.346 e. The number of rotatable bonds is 3. The van der Waals surface area contributed by atoms with E-state index in [2.05, 4.69) is 15.4 Å². The Balaban J connectivity index is 1.88. The van der Waals surface area contributed by atoms with Gasteiger partial charge in [0.15, 0.2) is 0 Å². The number of hydrogen-bond acceptors (Lipinski definition) is 3. The molecule has 1 amide bonds. The van der Waals surface area contributed by atoms with Gasteiger partial charge in [-0.15, -0.1) is 0 Å². The van der Waals surface area contributed by atoms with Crippen molar-refractivity contribution < 1.29 is 4.79 Å². The van der Waals surface area contributed by atoms with Gasteiger partial charge in [-0.3, -0.25) is 9.48 Å². The Kier molecular flexibility index (Phi) is 3.58. The number of carbonyl (C=O) groups excluding carboxylic acids is 1. The number of amides is 1. The average molecular weight is 301 g/mol. The lowest BCUT2D eigenvalue weighted by molar-refractivity contribution is 0.0951. The zero-order chi connectivity index (χ0) is 14.8. The molecule has 0 aliphatic rings. The first-order valence-electron chi connectivity index (χ1n) is 6.45. The second-order valence-electron chi connectivity index (χ2n) is 4.64. The molecule has 0 aliphatic heterocycles. The van der Waals surface area contributed by atoms with Crippen LogP contribution in [0.15, 0.2) is 42.7 Å². The molecule has 2 aromatic heterocycles. The predicted molar refractivity (Wildman–Crippen MR) is 81.1 cm³/mol. The third kappa shape index (κ3) is 2.60. The van der Waals surface area contributed by atoms with Crippen molar-refractivity contribution in [3.63, 3.8) is 0 Å². The summed E-state index contributed by atoms with van der Waals surface area (Å²) in [5.74, 6) is -0.184. The van der Waals surface area contributed by atoms with E-state index in [9.17, 15) is 4.79 Å². The summed E-state index contributed by atoms with van der Waals surface area (Å²) in [7, 11) is 1.83. The van der Waals surface area contributed by atoms with Gasteiger partial charge in [-0.25, -0.2) is 4.98 Å². The topological polar surface area (TPSA) is 59.8 Å². The van der Waals surface area contributed by atoms with Crippen LogP contribution in [0.4, 0.5) is 0 Å². The minimum absolute atomic E-state index is 0.184. The van der Waals surface area contributed by atoms with Crippen LogP contribution in [0, 0.1) is 0 Å². The third-order valence-corrected chi connectivity index (χ3v) is 3.64. The van der Waals surface area contributed by atoms with Gasteiger partial charge in [0.05, 0.1) is 17.8 Å². The maximum atomic E-state index is 12.4. The summed E-state index contributed by atoms with van der Waals surface area (Å²) < 4.78 is 1.72. The Labute approximate surface area is 126 Å². The summed E-state index contributed by atoms with van der Waals surface area (Å²) in [5, 5.41) is 8.89. The number of nitrogens with zero attached hydrogens (tertiary/aromatic N) is 3. The quantitative estimate of drug-likeness (QED) is 0.756. The molecule has 6 heteroatoms. The first kappa shape index (κ1) is 13.6. The zero-order valence-corrected chi connectivity index (χ0v) is 12.1. The van der Waals surface area contributed by atoms with Gasteiger partial charge in [0.1, 0.15) is 5.15 Å². The second-order valence-corrected chi connectivity index (χ2v) is 5.00. The molecule has 3 aromatic rings. The summed E-state index contributed by atoms with van der Waals surface area (Å²) in [6.45, 7) is 0.409. The molecule has 1 aromatic carbocycles. The maximum Gasteiger partial charge on any atom is 0.253 e. The lowest BCUT2D eigenvalue weighted by Gasteiger charge is -2.08. The third-order valence-electron chi connectivity index (χ3n) is 3.34. The molecule has 0 radical (unpaired) electrons. The van der Waals surface area contributed by atoms with Gasteiger partial charge >= 0.3 is 0 Å². The molecule has 0 saturated carbocycles. The van der Waals surface area contributed by atoms with E-state index in [0.717, 1.165) is 16.5 Å². The van der Waals surface area contributed by atoms with E-state index in [0.29, 0.717) is 17.3 Å². The Hall–Kier alpha value is -2.40. The zero-order valence-electron chi connectivity index (χ0n) is 11.4. The molecule has 2 heterocycles. The van der Waals surface area contributed by atoms with Crippen molar-refractivity contribution in [3.05, 3.63) is 59.1 Å². The standard InChI is InChI=1S/C15H13ClN4O/c1-20-10(6-7-19-20)8-18-15(21)13-9-17-14(16)12-5-3-2-4-11(12)13/h2-7,9H,8H2,1H3,(H,18,21). The van der Waals surface area contributed by atoms with Crippen LogP contribution in [-0.4, -0.2) is 20.7 Å². The summed E-state index contributed by atoms with van der Waals surface area (Å²) in [6, 6.07) is 9.31. The Morgan fingerprint density at radius 3 is 2.76 bits per heavy atom. The highest BCUT2D eigenvalue weighted by Crippen LogP contribution is 2.24. The van der Waals surface area contributed by atoms with Crippen LogP contribution in [0.2, 0.25) is 5.15 Å². The summed E-state index contributed by atoms with van der Waals surface area (Å²) in [6.07, 6.45) is 3.20. The van der Waals surface area contributed by atoms with Gasteiger partial charge in [0, 0.05) is 24.8 Å². The van der Waals surface area contributed by atoms with Crippen LogP contribution in [0.3, 0.4) is 0 Å². The highest BCUT2D eigenvalue weighted by molar-refractivity contribution is 6.34. The van der Waals surface area contributed by atoms with Crippen molar-refractivity contribution in [3.8, 4) is 0 Å². The maximum absolute atomic E-state index is 12.4. The molecule has 0 saturated heterocycles. The van der Waals surface area contributed by atoms with Gasteiger partial charge in [-0.2, -0.15) is 5.10 Å². The molecular weight excluding hydrogens is 288 g/mol. The van der Waals surface area contributed by atoms with Gasteiger partial charge in [0.25, 0.3) is 5.91 Å². The summed E-state index contributed by atoms with van der Waals surface area (Å²) in [5.41, 5.74) is 1.44. The fourth-order valence-corrected chi connectivity index (χ4v) is 2.39. The van der Waals surface area contributed by atoms with E-state index in [-0.39, 0.29) is 5.91 Å². The van der Waals surface area contributed by atoms with Crippen molar-refractivity contribution in [2.45, 2.75) is 6.54 Å². The molecule has 0 bridgehead atoms. The molecule has 0 atom stereocenters. The lowest BCUT2D eigenvalue weighted by Crippen LogP contribution is -2.24. The fourth-order valence-electron chi connectivity index (χ4n) is 2.18. The Morgan fingerprint density at radius 1 is 1.29 bits per heavy atom. The number of carbonyl (C=O) groups is 1. The molecule has 0 spiro atoms. The van der Waals surface area contributed by atoms with E-state index in [4.69, 9.17) is 11.6 Å². The predicted octanol–water partition coefficient (Wildman–Crippen LogP) is 2.55. The largest absolute Gasteiger partial charge is 0.346 e. The molecule has 106 valence electrons. The monoisotopic (exact) mass is 300 g/mol. The van der Waals surface area contributed by atoms with E-state index in [1.165, 1.54) is 6.20 Å². The Morgan fingerprint density at radius 2 is 2.05 bits per heavy atom. The van der Waals surface area contributed by atoms with Crippen LogP contribution >= 0.6 is 11.6 Å². The molecule has 0 fully saturated rings. The van der Waals surface area contributed by atoms with Crippen LogP contribution in [0.1, 0.15) is 16.1 Å². The smallest absolute Gasteiger partial charge is 0.253 e. The second kappa shape index (κ2) is 5.54. The summed E-state index contributed by atoms with van der Waals surface area (Å²) >= 11 is 6.06. The van der Waals surface area contributed by atoms with Crippen LogP contribution in [-0.2, 0) is 13.6 Å². The number of hydrogen-bond donors (Lipinski definition) is 1. The minimum atomic E-state index is -0.184. The fraction of sp³-hybridized carbons (Fsp3) is 0.133. The van der Waals surface area contributed by atoms with Crippen molar-refractivity contribution in [2.24, 2.45) is 7.05 Å². The molecule has 1 N–H and O–H groups in total. The van der Waals surface area contributed by atoms with Crippen molar-refractivity contribution in [1.82, 2.24) is 20.1 Å². The van der Waals surface area contributed by atoms with Crippen LogP contribution < -0.4 is 5.32 Å². The number of aromatic nitrogens is 3. The van der Waals surface area contributed by atoms with Crippen LogP contribution in [0.5, 0.6) is 0 Å².